The lowest BCUT2D eigenvalue weighted by Crippen LogP contribution is -2.29. The SMILES string of the molecule is CCCCOP(=O)(OCCCC)C(C(=NC(C)=O)OCC)P(=O)(OCC)OCC. The van der Waals surface area contributed by atoms with Crippen LogP contribution in [0.4, 0.5) is 0 Å². The number of amides is 1. The number of aliphatic imine (C=N–C) groups is 1. The van der Waals surface area contributed by atoms with E-state index in [0.29, 0.717) is 12.8 Å². The highest BCUT2D eigenvalue weighted by Crippen LogP contribution is 2.71. The summed E-state index contributed by atoms with van der Waals surface area (Å²) in [6.07, 6.45) is 2.84. The van der Waals surface area contributed by atoms with Crippen molar-refractivity contribution in [2.24, 2.45) is 4.99 Å². The van der Waals surface area contributed by atoms with Crippen molar-refractivity contribution in [2.75, 3.05) is 33.0 Å². The highest BCUT2D eigenvalue weighted by atomic mass is 31.2. The van der Waals surface area contributed by atoms with Crippen molar-refractivity contribution < 1.29 is 36.8 Å². The third-order valence-electron chi connectivity index (χ3n) is 3.54. The van der Waals surface area contributed by atoms with Gasteiger partial charge in [0.05, 0.1) is 33.0 Å². The third kappa shape index (κ3) is 9.86. The van der Waals surface area contributed by atoms with Gasteiger partial charge in [0.1, 0.15) is 0 Å². The number of carbonyl (C=O) groups is 1. The lowest BCUT2D eigenvalue weighted by Gasteiger charge is -2.31. The van der Waals surface area contributed by atoms with Gasteiger partial charge in [-0.25, -0.2) is 0 Å². The Morgan fingerprint density at radius 2 is 1.24 bits per heavy atom. The number of rotatable bonds is 16. The van der Waals surface area contributed by atoms with Crippen molar-refractivity contribution in [3.8, 4) is 0 Å². The van der Waals surface area contributed by atoms with Crippen LogP contribution in [0, 0.1) is 0 Å². The summed E-state index contributed by atoms with van der Waals surface area (Å²) in [5, 5.41) is -1.59. The maximum absolute atomic E-state index is 13.9. The molecular formula is C18H37NO8P2. The quantitative estimate of drug-likeness (QED) is 0.131. The van der Waals surface area contributed by atoms with E-state index in [1.807, 2.05) is 13.8 Å². The molecule has 0 spiro atoms. The summed E-state index contributed by atoms with van der Waals surface area (Å²) in [6.45, 7) is 10.4. The van der Waals surface area contributed by atoms with Gasteiger partial charge in [-0.1, -0.05) is 26.7 Å². The van der Waals surface area contributed by atoms with E-state index in [2.05, 4.69) is 4.99 Å². The van der Waals surface area contributed by atoms with Crippen molar-refractivity contribution in [3.05, 3.63) is 0 Å². The Morgan fingerprint density at radius 3 is 1.59 bits per heavy atom. The van der Waals surface area contributed by atoms with Gasteiger partial charge < -0.3 is 22.8 Å². The Balaban J connectivity index is 6.47. The molecule has 0 rings (SSSR count). The molecule has 1 atom stereocenters. The van der Waals surface area contributed by atoms with E-state index < -0.39 is 26.5 Å². The van der Waals surface area contributed by atoms with Crippen LogP contribution in [0.5, 0.6) is 0 Å². The molecule has 0 bridgehead atoms. The van der Waals surface area contributed by atoms with Crippen LogP contribution in [0.2, 0.25) is 0 Å². The van der Waals surface area contributed by atoms with Crippen molar-refractivity contribution in [2.45, 2.75) is 72.6 Å². The Morgan fingerprint density at radius 1 is 0.793 bits per heavy atom. The van der Waals surface area contributed by atoms with E-state index in [4.69, 9.17) is 22.8 Å². The van der Waals surface area contributed by atoms with Gasteiger partial charge in [-0.15, -0.1) is 0 Å². The molecule has 0 aromatic carbocycles. The Hall–Kier alpha value is -0.560. The van der Waals surface area contributed by atoms with E-state index >= 15 is 0 Å². The second kappa shape index (κ2) is 15.3. The molecule has 1 amide bonds. The molecule has 0 N–H and O–H groups in total. The van der Waals surface area contributed by atoms with Gasteiger partial charge >= 0.3 is 15.2 Å². The maximum atomic E-state index is 13.9. The molecule has 0 aromatic heterocycles. The standard InChI is InChI=1S/C18H37NO8P2/c1-7-12-14-26-29(22,27-15-13-8-2)18(17(23-9-3)19-16(6)20)28(21,24-10-4)25-11-5/h18H,7-15H2,1-6H3. The average Bonchev–Trinajstić information content (AvgIpc) is 2.62. The molecule has 9 nitrogen and oxygen atoms in total. The number of hydrogen-bond donors (Lipinski definition) is 0. The van der Waals surface area contributed by atoms with Crippen LogP contribution in [0.15, 0.2) is 4.99 Å². The summed E-state index contributed by atoms with van der Waals surface area (Å²) >= 11 is 0. The summed E-state index contributed by atoms with van der Waals surface area (Å²) < 4.78 is 55.2. The maximum Gasteiger partial charge on any atom is 0.355 e. The lowest BCUT2D eigenvalue weighted by atomic mass is 10.4. The fourth-order valence-electron chi connectivity index (χ4n) is 2.30. The lowest BCUT2D eigenvalue weighted by molar-refractivity contribution is -0.115. The normalized spacial score (nSPS) is 14.1. The fourth-order valence-corrected chi connectivity index (χ4v) is 7.49. The second-order valence-corrected chi connectivity index (χ2v) is 10.7. The Labute approximate surface area is 174 Å². The zero-order valence-corrected chi connectivity index (χ0v) is 20.3. The molecule has 0 saturated carbocycles. The number of nitrogens with zero attached hydrogens (tertiary/aromatic N) is 1. The fraction of sp³-hybridized carbons (Fsp3) is 0.889. The van der Waals surface area contributed by atoms with Crippen molar-refractivity contribution in [3.63, 3.8) is 0 Å². The van der Waals surface area contributed by atoms with Crippen LogP contribution in [0.1, 0.15) is 67.2 Å². The predicted molar refractivity (Wildman–Crippen MR) is 114 cm³/mol. The Kier molecular flexibility index (Phi) is 15.0. The van der Waals surface area contributed by atoms with Gasteiger partial charge in [-0.3, -0.25) is 13.9 Å². The minimum Gasteiger partial charge on any atom is -0.480 e. The summed E-state index contributed by atoms with van der Waals surface area (Å²) in [5.74, 6) is -0.923. The zero-order chi connectivity index (χ0) is 22.3. The number of hydrogen-bond acceptors (Lipinski definition) is 8. The van der Waals surface area contributed by atoms with Crippen molar-refractivity contribution in [1.29, 1.82) is 0 Å². The largest absolute Gasteiger partial charge is 0.480 e. The first-order valence-corrected chi connectivity index (χ1v) is 13.5. The zero-order valence-electron chi connectivity index (χ0n) is 18.5. The first kappa shape index (κ1) is 28.4. The molecule has 0 heterocycles. The Bertz CT molecular complexity index is 572. The summed E-state index contributed by atoms with van der Waals surface area (Å²) in [6, 6.07) is 0. The van der Waals surface area contributed by atoms with Gasteiger partial charge in [0.2, 0.25) is 17.2 Å². The van der Waals surface area contributed by atoms with Crippen LogP contribution in [0.3, 0.4) is 0 Å². The molecule has 0 radical (unpaired) electrons. The molecule has 0 aliphatic heterocycles. The highest BCUT2D eigenvalue weighted by molar-refractivity contribution is 7.74. The third-order valence-corrected chi connectivity index (χ3v) is 9.19. The first-order valence-electron chi connectivity index (χ1n) is 10.2. The van der Waals surface area contributed by atoms with Crippen LogP contribution >= 0.6 is 15.2 Å². The van der Waals surface area contributed by atoms with E-state index in [1.54, 1.807) is 20.8 Å². The molecule has 11 heteroatoms. The molecule has 0 aliphatic rings. The van der Waals surface area contributed by atoms with Gasteiger partial charge in [0.25, 0.3) is 0 Å². The van der Waals surface area contributed by atoms with Crippen molar-refractivity contribution in [1.82, 2.24) is 0 Å². The topological polar surface area (TPSA) is 110 Å². The number of carbonyl (C=O) groups excluding carboxylic acids is 1. The molecule has 0 aliphatic carbocycles. The summed E-state index contributed by atoms with van der Waals surface area (Å²) in [7, 11) is -8.24. The smallest absolute Gasteiger partial charge is 0.355 e. The van der Waals surface area contributed by atoms with Crippen LogP contribution in [-0.2, 0) is 36.8 Å². The molecule has 0 aromatic rings. The average molecular weight is 457 g/mol. The van der Waals surface area contributed by atoms with E-state index in [-0.39, 0.29) is 38.9 Å². The van der Waals surface area contributed by atoms with E-state index in [1.165, 1.54) is 6.92 Å². The molecule has 1 unspecified atom stereocenters. The van der Waals surface area contributed by atoms with Crippen molar-refractivity contribution >= 4 is 27.0 Å². The van der Waals surface area contributed by atoms with Crippen LogP contribution in [-0.4, -0.2) is 50.2 Å². The minimum absolute atomic E-state index is 0.0250. The number of ether oxygens (including phenoxy) is 1. The van der Waals surface area contributed by atoms with Gasteiger partial charge in [0.15, 0.2) is 0 Å². The molecule has 0 saturated heterocycles. The predicted octanol–water partition coefficient (Wildman–Crippen LogP) is 5.39. The highest BCUT2D eigenvalue weighted by Gasteiger charge is 2.55. The van der Waals surface area contributed by atoms with E-state index in [9.17, 15) is 13.9 Å². The monoisotopic (exact) mass is 457 g/mol. The van der Waals surface area contributed by atoms with Crippen LogP contribution in [0.25, 0.3) is 0 Å². The van der Waals surface area contributed by atoms with Crippen LogP contribution < -0.4 is 0 Å². The molecule has 29 heavy (non-hydrogen) atoms. The van der Waals surface area contributed by atoms with Gasteiger partial charge in [-0.05, 0) is 33.6 Å². The minimum atomic E-state index is -4.13. The number of unbranched alkanes of at least 4 members (excludes halogenated alkanes) is 2. The summed E-state index contributed by atoms with van der Waals surface area (Å²) in [4.78, 5) is 15.5. The van der Waals surface area contributed by atoms with Gasteiger partial charge in [-0.2, -0.15) is 4.99 Å². The molecule has 0 fully saturated rings. The van der Waals surface area contributed by atoms with Gasteiger partial charge in [0, 0.05) is 6.92 Å². The van der Waals surface area contributed by atoms with E-state index in [0.717, 1.165) is 12.8 Å². The molecule has 172 valence electrons. The summed E-state index contributed by atoms with van der Waals surface area (Å²) in [5.41, 5.74) is 0. The second-order valence-electron chi connectivity index (χ2n) is 6.06. The first-order chi connectivity index (χ1) is 13.7. The molecular weight excluding hydrogens is 420 g/mol.